The maximum atomic E-state index is 12.8. The molecule has 0 saturated heterocycles. The van der Waals surface area contributed by atoms with Crippen molar-refractivity contribution in [3.05, 3.63) is 34.1 Å². The van der Waals surface area contributed by atoms with Gasteiger partial charge in [-0.25, -0.2) is 4.39 Å². The Morgan fingerprint density at radius 2 is 2.20 bits per heavy atom. The van der Waals surface area contributed by atoms with Crippen molar-refractivity contribution in [2.45, 2.75) is 6.54 Å². The molecule has 0 aromatic heterocycles. The standard InChI is InChI=1S/C7H7BrFN/c8-6-2-1-3-7(9)5(6)4-10/h1-3H,4,10H2/p+1. The molecule has 0 heterocycles. The molecular weight excluding hydrogens is 197 g/mol. The third-order valence-electron chi connectivity index (χ3n) is 1.31. The number of hydrogen-bond donors (Lipinski definition) is 1. The molecule has 0 saturated carbocycles. The molecule has 0 bridgehead atoms. The van der Waals surface area contributed by atoms with Gasteiger partial charge in [0.1, 0.15) is 12.4 Å². The lowest BCUT2D eigenvalue weighted by molar-refractivity contribution is -0.387. The lowest BCUT2D eigenvalue weighted by Crippen LogP contribution is -2.48. The smallest absolute Gasteiger partial charge is 0.133 e. The van der Waals surface area contributed by atoms with E-state index in [1.165, 1.54) is 6.07 Å². The molecule has 1 nitrogen and oxygen atoms in total. The fraction of sp³-hybridized carbons (Fsp3) is 0.143. The van der Waals surface area contributed by atoms with Crippen molar-refractivity contribution in [3.8, 4) is 0 Å². The van der Waals surface area contributed by atoms with Crippen molar-refractivity contribution < 1.29 is 10.1 Å². The lowest BCUT2D eigenvalue weighted by atomic mass is 10.2. The van der Waals surface area contributed by atoms with Crippen molar-refractivity contribution in [2.75, 3.05) is 0 Å². The Morgan fingerprint density at radius 1 is 1.50 bits per heavy atom. The van der Waals surface area contributed by atoms with Crippen molar-refractivity contribution in [1.29, 1.82) is 0 Å². The summed E-state index contributed by atoms with van der Waals surface area (Å²) in [6, 6.07) is 4.91. The minimum Gasteiger partial charge on any atom is -0.354 e. The molecule has 3 heteroatoms. The molecule has 1 rings (SSSR count). The normalized spacial score (nSPS) is 9.90. The molecule has 0 spiro atoms. The molecule has 0 atom stereocenters. The number of benzene rings is 1. The molecule has 0 unspecified atom stereocenters. The van der Waals surface area contributed by atoms with E-state index in [2.05, 4.69) is 21.7 Å². The van der Waals surface area contributed by atoms with Crippen LogP contribution in [0.3, 0.4) is 0 Å². The minimum atomic E-state index is -0.190. The van der Waals surface area contributed by atoms with Gasteiger partial charge in [0.2, 0.25) is 0 Å². The highest BCUT2D eigenvalue weighted by Crippen LogP contribution is 2.17. The summed E-state index contributed by atoms with van der Waals surface area (Å²) in [5.74, 6) is -0.190. The maximum absolute atomic E-state index is 12.8. The SMILES string of the molecule is [NH3+]Cc1c(F)cccc1Br. The van der Waals surface area contributed by atoms with Gasteiger partial charge in [0, 0.05) is 4.47 Å². The Kier molecular flexibility index (Phi) is 2.40. The van der Waals surface area contributed by atoms with Gasteiger partial charge in [-0.05, 0) is 12.1 Å². The summed E-state index contributed by atoms with van der Waals surface area (Å²) in [6.45, 7) is 0.479. The van der Waals surface area contributed by atoms with E-state index in [-0.39, 0.29) is 5.82 Å². The first-order valence-electron chi connectivity index (χ1n) is 2.98. The molecule has 10 heavy (non-hydrogen) atoms. The predicted octanol–water partition coefficient (Wildman–Crippen LogP) is 1.33. The van der Waals surface area contributed by atoms with Gasteiger partial charge in [-0.2, -0.15) is 0 Å². The fourth-order valence-electron chi connectivity index (χ4n) is 0.771. The predicted molar refractivity (Wildman–Crippen MR) is 40.7 cm³/mol. The van der Waals surface area contributed by atoms with E-state index in [4.69, 9.17) is 0 Å². The molecule has 54 valence electrons. The Hall–Kier alpha value is -0.410. The summed E-state index contributed by atoms with van der Waals surface area (Å²) >= 11 is 3.23. The highest BCUT2D eigenvalue weighted by Gasteiger charge is 2.04. The molecule has 0 aliphatic carbocycles. The van der Waals surface area contributed by atoms with Crippen LogP contribution in [0, 0.1) is 5.82 Å². The number of quaternary nitrogens is 1. The van der Waals surface area contributed by atoms with Crippen LogP contribution in [0.15, 0.2) is 22.7 Å². The first-order chi connectivity index (χ1) is 4.75. The van der Waals surface area contributed by atoms with Gasteiger partial charge in [-0.1, -0.05) is 22.0 Å². The molecular formula is C7H8BrFN+. The average molecular weight is 205 g/mol. The Balaban J connectivity index is 3.17. The van der Waals surface area contributed by atoms with Crippen molar-refractivity contribution in [3.63, 3.8) is 0 Å². The van der Waals surface area contributed by atoms with Crippen LogP contribution in [0.2, 0.25) is 0 Å². The van der Waals surface area contributed by atoms with Gasteiger partial charge in [0.05, 0.1) is 5.56 Å². The van der Waals surface area contributed by atoms with Gasteiger partial charge in [-0.3, -0.25) is 0 Å². The van der Waals surface area contributed by atoms with E-state index >= 15 is 0 Å². The lowest BCUT2D eigenvalue weighted by Gasteiger charge is -1.98. The molecule has 3 N–H and O–H groups in total. The highest BCUT2D eigenvalue weighted by molar-refractivity contribution is 9.10. The van der Waals surface area contributed by atoms with Crippen LogP contribution >= 0.6 is 15.9 Å². The van der Waals surface area contributed by atoms with E-state index in [1.807, 2.05) is 6.07 Å². The monoisotopic (exact) mass is 204 g/mol. The van der Waals surface area contributed by atoms with Crippen LogP contribution in [0.1, 0.15) is 5.56 Å². The summed E-state index contributed by atoms with van der Waals surface area (Å²) in [4.78, 5) is 0. The van der Waals surface area contributed by atoms with Gasteiger partial charge >= 0.3 is 0 Å². The first kappa shape index (κ1) is 7.69. The Labute approximate surface area is 67.2 Å². The van der Waals surface area contributed by atoms with Crippen LogP contribution in [-0.2, 0) is 6.54 Å². The third kappa shape index (κ3) is 1.36. The third-order valence-corrected chi connectivity index (χ3v) is 2.05. The molecule has 1 aromatic carbocycles. The number of hydrogen-bond acceptors (Lipinski definition) is 0. The quantitative estimate of drug-likeness (QED) is 0.716. The van der Waals surface area contributed by atoms with Crippen molar-refractivity contribution >= 4 is 15.9 Å². The van der Waals surface area contributed by atoms with Crippen molar-refractivity contribution in [1.82, 2.24) is 0 Å². The zero-order valence-electron chi connectivity index (χ0n) is 5.40. The molecule has 0 aliphatic rings. The van der Waals surface area contributed by atoms with Crippen molar-refractivity contribution in [2.24, 2.45) is 0 Å². The molecule has 0 fully saturated rings. The second-order valence-electron chi connectivity index (χ2n) is 1.95. The summed E-state index contributed by atoms with van der Waals surface area (Å²) < 4.78 is 13.6. The Bertz CT molecular complexity index is 217. The summed E-state index contributed by atoms with van der Waals surface area (Å²) in [6.07, 6.45) is 0. The second kappa shape index (κ2) is 3.12. The molecule has 0 radical (unpaired) electrons. The molecule has 0 aliphatic heterocycles. The van der Waals surface area contributed by atoms with E-state index in [9.17, 15) is 4.39 Å². The zero-order chi connectivity index (χ0) is 7.56. The topological polar surface area (TPSA) is 27.6 Å². The van der Waals surface area contributed by atoms with Crippen LogP contribution < -0.4 is 5.73 Å². The summed E-state index contributed by atoms with van der Waals surface area (Å²) in [5.41, 5.74) is 4.25. The maximum Gasteiger partial charge on any atom is 0.133 e. The Morgan fingerprint density at radius 3 is 2.60 bits per heavy atom. The molecule has 0 amide bonds. The van der Waals surface area contributed by atoms with Crippen LogP contribution in [0.5, 0.6) is 0 Å². The van der Waals surface area contributed by atoms with Gasteiger partial charge < -0.3 is 5.73 Å². The minimum absolute atomic E-state index is 0.190. The summed E-state index contributed by atoms with van der Waals surface area (Å²) in [5, 5.41) is 0. The molecule has 1 aromatic rings. The number of halogens is 2. The van der Waals surface area contributed by atoms with Crippen LogP contribution in [0.4, 0.5) is 4.39 Å². The second-order valence-corrected chi connectivity index (χ2v) is 2.80. The zero-order valence-corrected chi connectivity index (χ0v) is 6.99. The highest BCUT2D eigenvalue weighted by atomic mass is 79.9. The van der Waals surface area contributed by atoms with E-state index in [0.717, 1.165) is 4.47 Å². The van der Waals surface area contributed by atoms with E-state index < -0.39 is 0 Å². The average Bonchev–Trinajstić information content (AvgIpc) is 1.88. The summed E-state index contributed by atoms with van der Waals surface area (Å²) in [7, 11) is 0. The van der Waals surface area contributed by atoms with E-state index in [0.29, 0.717) is 12.1 Å². The largest absolute Gasteiger partial charge is 0.354 e. The fourth-order valence-corrected chi connectivity index (χ4v) is 1.31. The van der Waals surface area contributed by atoms with Gasteiger partial charge in [0.15, 0.2) is 0 Å². The van der Waals surface area contributed by atoms with Crippen LogP contribution in [-0.4, -0.2) is 0 Å². The number of rotatable bonds is 1. The first-order valence-corrected chi connectivity index (χ1v) is 3.77. The van der Waals surface area contributed by atoms with Gasteiger partial charge in [0.25, 0.3) is 0 Å². The van der Waals surface area contributed by atoms with E-state index in [1.54, 1.807) is 6.07 Å². The van der Waals surface area contributed by atoms with Gasteiger partial charge in [-0.15, -0.1) is 0 Å². The van der Waals surface area contributed by atoms with Crippen LogP contribution in [0.25, 0.3) is 0 Å².